The molecule has 1 unspecified atom stereocenters. The Kier molecular flexibility index (Phi) is 22.3. The second kappa shape index (κ2) is 22.8. The predicted octanol–water partition coefficient (Wildman–Crippen LogP) is 9.01. The van der Waals surface area contributed by atoms with Crippen molar-refractivity contribution in [2.45, 2.75) is 149 Å². The van der Waals surface area contributed by atoms with E-state index in [1.807, 2.05) is 0 Å². The molecule has 0 spiro atoms. The summed E-state index contributed by atoms with van der Waals surface area (Å²) in [5, 5.41) is 0. The highest BCUT2D eigenvalue weighted by molar-refractivity contribution is 5.69. The number of hydrogen-bond donors (Lipinski definition) is 0. The van der Waals surface area contributed by atoms with Crippen LogP contribution in [0.4, 0.5) is 0 Å². The van der Waals surface area contributed by atoms with Crippen molar-refractivity contribution in [2.75, 3.05) is 6.61 Å². The fourth-order valence-electron chi connectivity index (χ4n) is 3.95. The zero-order valence-electron chi connectivity index (χ0n) is 19.7. The standard InChI is InChI=1S/C26H52O2/c1-4-7-10-12-14-15-17-19-21-25(20-18-16-13-11-8-5-2)23-24-28-26(27)22-9-6-3/h25H,4-24H2,1-3H3. The van der Waals surface area contributed by atoms with Gasteiger partial charge in [0.1, 0.15) is 0 Å². The van der Waals surface area contributed by atoms with Crippen LogP contribution in [0.25, 0.3) is 0 Å². The summed E-state index contributed by atoms with van der Waals surface area (Å²) in [4.78, 5) is 11.7. The Hall–Kier alpha value is -0.530. The van der Waals surface area contributed by atoms with Gasteiger partial charge in [-0.15, -0.1) is 0 Å². The second-order valence-corrected chi connectivity index (χ2v) is 8.80. The van der Waals surface area contributed by atoms with E-state index in [1.165, 1.54) is 103 Å². The van der Waals surface area contributed by atoms with Crippen molar-refractivity contribution in [3.8, 4) is 0 Å². The average molecular weight is 397 g/mol. The molecule has 0 amide bonds. The highest BCUT2D eigenvalue weighted by Gasteiger charge is 2.10. The molecule has 0 aliphatic carbocycles. The second-order valence-electron chi connectivity index (χ2n) is 8.80. The van der Waals surface area contributed by atoms with Crippen molar-refractivity contribution in [3.63, 3.8) is 0 Å². The van der Waals surface area contributed by atoms with Crippen LogP contribution in [0.3, 0.4) is 0 Å². The summed E-state index contributed by atoms with van der Waals surface area (Å²) in [6.45, 7) is 7.32. The smallest absolute Gasteiger partial charge is 0.305 e. The van der Waals surface area contributed by atoms with E-state index in [-0.39, 0.29) is 5.97 Å². The Morgan fingerprint density at radius 3 is 1.46 bits per heavy atom. The van der Waals surface area contributed by atoms with Gasteiger partial charge < -0.3 is 4.74 Å². The topological polar surface area (TPSA) is 26.3 Å². The number of hydrogen-bond acceptors (Lipinski definition) is 2. The van der Waals surface area contributed by atoms with Crippen molar-refractivity contribution in [1.29, 1.82) is 0 Å². The van der Waals surface area contributed by atoms with Crippen molar-refractivity contribution in [3.05, 3.63) is 0 Å². The first kappa shape index (κ1) is 27.5. The highest BCUT2D eigenvalue weighted by atomic mass is 16.5. The molecule has 0 aliphatic heterocycles. The lowest BCUT2D eigenvalue weighted by atomic mass is 9.91. The van der Waals surface area contributed by atoms with Crippen LogP contribution in [0.2, 0.25) is 0 Å². The van der Waals surface area contributed by atoms with Gasteiger partial charge >= 0.3 is 5.97 Å². The molecule has 0 bridgehead atoms. The van der Waals surface area contributed by atoms with Gasteiger partial charge in [-0.1, -0.05) is 130 Å². The lowest BCUT2D eigenvalue weighted by Gasteiger charge is -2.17. The first-order chi connectivity index (χ1) is 13.7. The Bertz CT molecular complexity index is 314. The van der Waals surface area contributed by atoms with Gasteiger partial charge in [-0.2, -0.15) is 0 Å². The first-order valence-corrected chi connectivity index (χ1v) is 12.9. The minimum atomic E-state index is 0.00671. The Morgan fingerprint density at radius 1 is 0.571 bits per heavy atom. The third kappa shape index (κ3) is 20.2. The molecule has 2 heteroatoms. The van der Waals surface area contributed by atoms with Crippen LogP contribution in [0.1, 0.15) is 149 Å². The van der Waals surface area contributed by atoms with Gasteiger partial charge in [-0.25, -0.2) is 0 Å². The molecule has 2 nitrogen and oxygen atoms in total. The molecule has 0 N–H and O–H groups in total. The Morgan fingerprint density at radius 2 is 1.00 bits per heavy atom. The van der Waals surface area contributed by atoms with Gasteiger partial charge in [-0.05, 0) is 18.8 Å². The van der Waals surface area contributed by atoms with Gasteiger partial charge in [0.15, 0.2) is 0 Å². The quantitative estimate of drug-likeness (QED) is 0.135. The van der Waals surface area contributed by atoms with Crippen LogP contribution in [0.5, 0.6) is 0 Å². The third-order valence-corrected chi connectivity index (χ3v) is 5.96. The summed E-state index contributed by atoms with van der Waals surface area (Å²) in [6.07, 6.45) is 25.7. The van der Waals surface area contributed by atoms with Gasteiger partial charge in [0.2, 0.25) is 0 Å². The molecule has 0 aromatic carbocycles. The number of unbranched alkanes of at least 4 members (excludes halogenated alkanes) is 13. The van der Waals surface area contributed by atoms with E-state index in [4.69, 9.17) is 4.74 Å². The summed E-state index contributed by atoms with van der Waals surface area (Å²) in [6, 6.07) is 0. The average Bonchev–Trinajstić information content (AvgIpc) is 2.70. The minimum absolute atomic E-state index is 0.00671. The van der Waals surface area contributed by atoms with E-state index in [0.717, 1.165) is 25.2 Å². The fraction of sp³-hybridized carbons (Fsp3) is 0.962. The Labute approximate surface area is 177 Å². The normalized spacial score (nSPS) is 12.2. The van der Waals surface area contributed by atoms with Crippen LogP contribution < -0.4 is 0 Å². The van der Waals surface area contributed by atoms with Crippen LogP contribution in [0.15, 0.2) is 0 Å². The van der Waals surface area contributed by atoms with E-state index in [2.05, 4.69) is 20.8 Å². The van der Waals surface area contributed by atoms with Gasteiger partial charge in [-0.3, -0.25) is 4.79 Å². The number of esters is 1. The molecule has 0 heterocycles. The molecule has 0 fully saturated rings. The van der Waals surface area contributed by atoms with Crippen molar-refractivity contribution in [1.82, 2.24) is 0 Å². The molecule has 168 valence electrons. The summed E-state index contributed by atoms with van der Waals surface area (Å²) in [5.74, 6) is 0.762. The largest absolute Gasteiger partial charge is 0.466 e. The van der Waals surface area contributed by atoms with Crippen molar-refractivity contribution < 1.29 is 9.53 Å². The number of carbonyl (C=O) groups is 1. The summed E-state index contributed by atoms with van der Waals surface area (Å²) >= 11 is 0. The third-order valence-electron chi connectivity index (χ3n) is 5.96. The summed E-state index contributed by atoms with van der Waals surface area (Å²) in [7, 11) is 0. The van der Waals surface area contributed by atoms with Crippen LogP contribution in [0, 0.1) is 5.92 Å². The molecule has 0 aromatic heterocycles. The number of carbonyl (C=O) groups excluding carboxylic acids is 1. The maximum atomic E-state index is 11.7. The van der Waals surface area contributed by atoms with Crippen LogP contribution >= 0.6 is 0 Å². The first-order valence-electron chi connectivity index (χ1n) is 12.9. The summed E-state index contributed by atoms with van der Waals surface area (Å²) < 4.78 is 5.48. The van der Waals surface area contributed by atoms with E-state index in [0.29, 0.717) is 13.0 Å². The SMILES string of the molecule is CCCCCCCCCCC(CCCCCCCC)CCOC(=O)CCCC. The molecule has 0 radical (unpaired) electrons. The van der Waals surface area contributed by atoms with Gasteiger partial charge in [0.25, 0.3) is 0 Å². The molecule has 1 atom stereocenters. The maximum absolute atomic E-state index is 11.7. The van der Waals surface area contributed by atoms with Gasteiger partial charge in [0.05, 0.1) is 6.61 Å². The summed E-state index contributed by atoms with van der Waals surface area (Å²) in [5.41, 5.74) is 0. The zero-order chi connectivity index (χ0) is 20.7. The van der Waals surface area contributed by atoms with E-state index >= 15 is 0 Å². The van der Waals surface area contributed by atoms with Crippen molar-refractivity contribution >= 4 is 5.97 Å². The zero-order valence-corrected chi connectivity index (χ0v) is 19.7. The maximum Gasteiger partial charge on any atom is 0.305 e. The van der Waals surface area contributed by atoms with E-state index < -0.39 is 0 Å². The van der Waals surface area contributed by atoms with Gasteiger partial charge in [0, 0.05) is 6.42 Å². The molecular weight excluding hydrogens is 344 g/mol. The molecule has 0 rings (SSSR count). The molecule has 0 aliphatic rings. The van der Waals surface area contributed by atoms with E-state index in [9.17, 15) is 4.79 Å². The minimum Gasteiger partial charge on any atom is -0.466 e. The molecule has 0 saturated carbocycles. The lowest BCUT2D eigenvalue weighted by molar-refractivity contribution is -0.144. The highest BCUT2D eigenvalue weighted by Crippen LogP contribution is 2.22. The van der Waals surface area contributed by atoms with E-state index in [1.54, 1.807) is 0 Å². The number of rotatable bonds is 22. The molecule has 28 heavy (non-hydrogen) atoms. The van der Waals surface area contributed by atoms with Crippen molar-refractivity contribution in [2.24, 2.45) is 5.92 Å². The predicted molar refractivity (Wildman–Crippen MR) is 124 cm³/mol. The van der Waals surface area contributed by atoms with Crippen LogP contribution in [-0.2, 0) is 9.53 Å². The fourth-order valence-corrected chi connectivity index (χ4v) is 3.95. The number of ether oxygens (including phenoxy) is 1. The molecular formula is C26H52O2. The molecule has 0 aromatic rings. The monoisotopic (exact) mass is 396 g/mol. The molecule has 0 saturated heterocycles. The lowest BCUT2D eigenvalue weighted by Crippen LogP contribution is -2.10. The van der Waals surface area contributed by atoms with Crippen LogP contribution in [-0.4, -0.2) is 12.6 Å². The Balaban J connectivity index is 3.92.